The monoisotopic (exact) mass is 210 g/mol. The second kappa shape index (κ2) is 5.98. The molecule has 0 spiro atoms. The number of rotatable bonds is 5. The minimum Gasteiger partial charge on any atom is -0.480 e. The third-order valence-electron chi connectivity index (χ3n) is 1.80. The van der Waals surface area contributed by atoms with E-state index in [1.807, 2.05) is 0 Å². The molecule has 0 atom stereocenters. The molecule has 0 aliphatic rings. The number of nitrogens with one attached hydrogen (secondary N) is 1. The molecule has 1 N–H and O–H groups in total. The molecule has 1 amide bonds. The Balaban J connectivity index is 2.64. The van der Waals surface area contributed by atoms with Crippen LogP contribution < -0.4 is 10.1 Å². The molecular weight excluding hydrogens is 196 g/mol. The Kier molecular flexibility index (Phi) is 4.56. The molecule has 0 bridgehead atoms. The Morgan fingerprint density at radius 2 is 2.33 bits per heavy atom. The van der Waals surface area contributed by atoms with Gasteiger partial charge in [-0.05, 0) is 12.1 Å². The van der Waals surface area contributed by atoms with Crippen LogP contribution in [0.3, 0.4) is 0 Å². The molecule has 1 rings (SSSR count). The Hall–Kier alpha value is -1.62. The Labute approximate surface area is 88.4 Å². The van der Waals surface area contributed by atoms with Gasteiger partial charge in [0.05, 0.1) is 13.7 Å². The molecule has 1 aromatic rings. The van der Waals surface area contributed by atoms with E-state index in [0.29, 0.717) is 24.6 Å². The van der Waals surface area contributed by atoms with E-state index >= 15 is 0 Å². The molecule has 0 aliphatic carbocycles. The number of hydrogen-bond donors (Lipinski definition) is 1. The zero-order chi connectivity index (χ0) is 11.1. The Morgan fingerprint density at radius 3 is 3.00 bits per heavy atom. The fourth-order valence-electron chi connectivity index (χ4n) is 1.09. The predicted molar refractivity (Wildman–Crippen MR) is 55.0 cm³/mol. The number of methoxy groups -OCH3 is 2. The minimum absolute atomic E-state index is 0.211. The maximum Gasteiger partial charge on any atom is 0.256 e. The van der Waals surface area contributed by atoms with Crippen LogP contribution in [0.15, 0.2) is 18.3 Å². The summed E-state index contributed by atoms with van der Waals surface area (Å²) in [6.07, 6.45) is 1.57. The second-order valence-electron chi connectivity index (χ2n) is 2.81. The summed E-state index contributed by atoms with van der Waals surface area (Å²) in [5, 5.41) is 2.69. The van der Waals surface area contributed by atoms with Crippen LogP contribution in [0.25, 0.3) is 0 Å². The molecule has 0 fully saturated rings. The number of ether oxygens (including phenoxy) is 2. The van der Waals surface area contributed by atoms with Gasteiger partial charge in [-0.15, -0.1) is 0 Å². The van der Waals surface area contributed by atoms with Gasteiger partial charge in [-0.2, -0.15) is 0 Å². The number of carbonyl (C=O) groups is 1. The summed E-state index contributed by atoms with van der Waals surface area (Å²) in [6.45, 7) is 0.946. The average molecular weight is 210 g/mol. The molecule has 5 nitrogen and oxygen atoms in total. The first-order chi connectivity index (χ1) is 7.29. The van der Waals surface area contributed by atoms with Crippen LogP contribution in [0, 0.1) is 0 Å². The van der Waals surface area contributed by atoms with E-state index in [1.165, 1.54) is 7.11 Å². The standard InChI is InChI=1S/C10H14N2O3/c1-14-7-6-11-9(13)8-4-3-5-12-10(8)15-2/h3-5H,6-7H2,1-2H3,(H,11,13). The molecule has 0 aromatic carbocycles. The van der Waals surface area contributed by atoms with Crippen LogP contribution in [-0.4, -0.2) is 38.3 Å². The highest BCUT2D eigenvalue weighted by Gasteiger charge is 2.11. The number of hydrogen-bond acceptors (Lipinski definition) is 4. The van der Waals surface area contributed by atoms with Crippen molar-refractivity contribution in [2.75, 3.05) is 27.4 Å². The molecule has 5 heteroatoms. The van der Waals surface area contributed by atoms with Gasteiger partial charge in [0.15, 0.2) is 0 Å². The van der Waals surface area contributed by atoms with Gasteiger partial charge in [-0.1, -0.05) is 0 Å². The highest BCUT2D eigenvalue weighted by Crippen LogP contribution is 2.12. The van der Waals surface area contributed by atoms with E-state index in [0.717, 1.165) is 0 Å². The summed E-state index contributed by atoms with van der Waals surface area (Å²) in [5.74, 6) is 0.115. The van der Waals surface area contributed by atoms with E-state index in [9.17, 15) is 4.79 Å². The molecule has 1 heterocycles. The van der Waals surface area contributed by atoms with E-state index in [4.69, 9.17) is 9.47 Å². The lowest BCUT2D eigenvalue weighted by atomic mass is 10.2. The van der Waals surface area contributed by atoms with E-state index in [2.05, 4.69) is 10.3 Å². The third kappa shape index (κ3) is 3.21. The quantitative estimate of drug-likeness (QED) is 0.717. The third-order valence-corrected chi connectivity index (χ3v) is 1.80. The highest BCUT2D eigenvalue weighted by atomic mass is 16.5. The van der Waals surface area contributed by atoms with Crippen LogP contribution in [0.2, 0.25) is 0 Å². The summed E-state index contributed by atoms with van der Waals surface area (Å²) in [5.41, 5.74) is 0.427. The zero-order valence-electron chi connectivity index (χ0n) is 8.82. The van der Waals surface area contributed by atoms with Crippen LogP contribution in [0.1, 0.15) is 10.4 Å². The first-order valence-corrected chi connectivity index (χ1v) is 4.55. The van der Waals surface area contributed by atoms with E-state index in [-0.39, 0.29) is 5.91 Å². The lowest BCUT2D eigenvalue weighted by Crippen LogP contribution is -2.27. The highest BCUT2D eigenvalue weighted by molar-refractivity contribution is 5.96. The van der Waals surface area contributed by atoms with Gasteiger partial charge >= 0.3 is 0 Å². The van der Waals surface area contributed by atoms with Gasteiger partial charge in [0.25, 0.3) is 5.91 Å². The van der Waals surface area contributed by atoms with Crippen molar-refractivity contribution in [3.63, 3.8) is 0 Å². The molecule has 0 unspecified atom stereocenters. The minimum atomic E-state index is -0.211. The molecular formula is C10H14N2O3. The normalized spacial score (nSPS) is 9.73. The van der Waals surface area contributed by atoms with Gasteiger partial charge in [-0.3, -0.25) is 4.79 Å². The molecule has 15 heavy (non-hydrogen) atoms. The van der Waals surface area contributed by atoms with E-state index in [1.54, 1.807) is 25.4 Å². The lowest BCUT2D eigenvalue weighted by Gasteiger charge is -2.07. The van der Waals surface area contributed by atoms with E-state index < -0.39 is 0 Å². The van der Waals surface area contributed by atoms with Gasteiger partial charge in [0, 0.05) is 19.9 Å². The fourth-order valence-corrected chi connectivity index (χ4v) is 1.09. The fraction of sp³-hybridized carbons (Fsp3) is 0.400. The molecule has 0 saturated heterocycles. The molecule has 1 aromatic heterocycles. The number of carbonyl (C=O) groups excluding carboxylic acids is 1. The summed E-state index contributed by atoms with van der Waals surface area (Å²) in [6, 6.07) is 3.35. The summed E-state index contributed by atoms with van der Waals surface area (Å²) in [7, 11) is 3.06. The van der Waals surface area contributed by atoms with Gasteiger partial charge in [0.2, 0.25) is 5.88 Å². The van der Waals surface area contributed by atoms with Gasteiger partial charge in [0.1, 0.15) is 5.56 Å². The first-order valence-electron chi connectivity index (χ1n) is 4.55. The van der Waals surface area contributed by atoms with Crippen molar-refractivity contribution in [3.8, 4) is 5.88 Å². The van der Waals surface area contributed by atoms with Crippen molar-refractivity contribution in [2.45, 2.75) is 0 Å². The van der Waals surface area contributed by atoms with Crippen molar-refractivity contribution in [1.82, 2.24) is 10.3 Å². The van der Waals surface area contributed by atoms with Crippen LogP contribution in [0.4, 0.5) is 0 Å². The van der Waals surface area contributed by atoms with Gasteiger partial charge < -0.3 is 14.8 Å². The summed E-state index contributed by atoms with van der Waals surface area (Å²) in [4.78, 5) is 15.5. The molecule has 82 valence electrons. The number of pyridine rings is 1. The van der Waals surface area contributed by atoms with Crippen LogP contribution in [-0.2, 0) is 4.74 Å². The predicted octanol–water partition coefficient (Wildman–Crippen LogP) is 0.466. The molecule has 0 radical (unpaired) electrons. The van der Waals surface area contributed by atoms with Crippen LogP contribution >= 0.6 is 0 Å². The van der Waals surface area contributed by atoms with Crippen molar-refractivity contribution in [2.24, 2.45) is 0 Å². The van der Waals surface area contributed by atoms with Crippen LogP contribution in [0.5, 0.6) is 5.88 Å². The van der Waals surface area contributed by atoms with Crippen molar-refractivity contribution in [3.05, 3.63) is 23.9 Å². The van der Waals surface area contributed by atoms with Crippen molar-refractivity contribution >= 4 is 5.91 Å². The summed E-state index contributed by atoms with van der Waals surface area (Å²) >= 11 is 0. The lowest BCUT2D eigenvalue weighted by molar-refractivity contribution is 0.0933. The topological polar surface area (TPSA) is 60.5 Å². The van der Waals surface area contributed by atoms with Crippen molar-refractivity contribution in [1.29, 1.82) is 0 Å². The largest absolute Gasteiger partial charge is 0.480 e. The first kappa shape index (κ1) is 11.5. The Morgan fingerprint density at radius 1 is 1.53 bits per heavy atom. The number of amides is 1. The molecule has 0 saturated carbocycles. The van der Waals surface area contributed by atoms with Gasteiger partial charge in [-0.25, -0.2) is 4.98 Å². The zero-order valence-corrected chi connectivity index (χ0v) is 8.82. The summed E-state index contributed by atoms with van der Waals surface area (Å²) < 4.78 is 9.79. The maximum atomic E-state index is 11.6. The second-order valence-corrected chi connectivity index (χ2v) is 2.81. The number of aromatic nitrogens is 1. The number of nitrogens with zero attached hydrogens (tertiary/aromatic N) is 1. The SMILES string of the molecule is COCCNC(=O)c1cccnc1OC. The van der Waals surface area contributed by atoms with Crippen molar-refractivity contribution < 1.29 is 14.3 Å². The Bertz CT molecular complexity index is 328. The molecule has 0 aliphatic heterocycles. The smallest absolute Gasteiger partial charge is 0.256 e. The average Bonchev–Trinajstić information content (AvgIpc) is 2.29. The maximum absolute atomic E-state index is 11.6.